The average molecular weight is 346 g/mol. The summed E-state index contributed by atoms with van der Waals surface area (Å²) < 4.78 is 0. The Morgan fingerprint density at radius 3 is 2.61 bits per heavy atom. The molecule has 0 radical (unpaired) electrons. The lowest BCUT2D eigenvalue weighted by molar-refractivity contribution is 0.687. The van der Waals surface area contributed by atoms with E-state index in [0.717, 1.165) is 30.3 Å². The second kappa shape index (κ2) is 7.18. The molecule has 1 heterocycles. The van der Waals surface area contributed by atoms with Gasteiger partial charge in [0, 0.05) is 18.1 Å². The highest BCUT2D eigenvalue weighted by molar-refractivity contribution is 6.42. The van der Waals surface area contributed by atoms with Crippen LogP contribution in [-0.2, 0) is 13.0 Å². The number of nitrogens with zero attached hydrogens (tertiary/aromatic N) is 1. The minimum Gasteiger partial charge on any atom is -0.383 e. The van der Waals surface area contributed by atoms with E-state index in [1.165, 1.54) is 11.1 Å². The van der Waals surface area contributed by atoms with Gasteiger partial charge in [-0.25, -0.2) is 4.98 Å². The highest BCUT2D eigenvalue weighted by atomic mass is 35.5. The number of nitrogen functional groups attached to an aromatic ring is 1. The van der Waals surface area contributed by atoms with Gasteiger partial charge in [0.15, 0.2) is 0 Å². The van der Waals surface area contributed by atoms with E-state index >= 15 is 0 Å². The highest BCUT2D eigenvalue weighted by Gasteiger charge is 2.02. The van der Waals surface area contributed by atoms with E-state index in [1.54, 1.807) is 6.20 Å². The molecule has 0 amide bonds. The normalized spacial score (nSPS) is 11.0. The Kier molecular flexibility index (Phi) is 5.01. The Balaban J connectivity index is 1.57. The number of benzene rings is 2. The number of rotatable bonds is 5. The Morgan fingerprint density at radius 1 is 0.957 bits per heavy atom. The van der Waals surface area contributed by atoms with Crippen molar-refractivity contribution in [2.45, 2.75) is 13.0 Å². The summed E-state index contributed by atoms with van der Waals surface area (Å²) in [6.45, 7) is 1.67. The summed E-state index contributed by atoms with van der Waals surface area (Å²) in [7, 11) is 0. The Bertz CT molecular complexity index is 834. The van der Waals surface area contributed by atoms with Gasteiger partial charge in [-0.2, -0.15) is 0 Å². The van der Waals surface area contributed by atoms with Crippen molar-refractivity contribution in [1.29, 1.82) is 0 Å². The number of fused-ring (bicyclic) bond motifs is 1. The molecule has 23 heavy (non-hydrogen) atoms. The molecule has 118 valence electrons. The van der Waals surface area contributed by atoms with Crippen LogP contribution in [0.15, 0.2) is 48.7 Å². The largest absolute Gasteiger partial charge is 0.383 e. The minimum absolute atomic E-state index is 0.571. The predicted molar refractivity (Wildman–Crippen MR) is 98.0 cm³/mol. The predicted octanol–water partition coefficient (Wildman–Crippen LogP) is 4.46. The number of hydrogen-bond acceptors (Lipinski definition) is 3. The topological polar surface area (TPSA) is 50.9 Å². The molecule has 0 spiro atoms. The third-order valence-electron chi connectivity index (χ3n) is 3.76. The molecule has 0 saturated carbocycles. The zero-order valence-electron chi connectivity index (χ0n) is 12.5. The molecule has 1 aromatic heterocycles. The molecule has 0 fully saturated rings. The fourth-order valence-electron chi connectivity index (χ4n) is 2.52. The van der Waals surface area contributed by atoms with E-state index < -0.39 is 0 Å². The van der Waals surface area contributed by atoms with Crippen molar-refractivity contribution in [3.63, 3.8) is 0 Å². The first-order valence-corrected chi connectivity index (χ1v) is 8.17. The summed E-state index contributed by atoms with van der Waals surface area (Å²) in [6.07, 6.45) is 2.64. The number of aromatic nitrogens is 1. The number of nitrogens with one attached hydrogen (secondary N) is 1. The van der Waals surface area contributed by atoms with E-state index in [-0.39, 0.29) is 0 Å². The first-order valence-electron chi connectivity index (χ1n) is 7.41. The summed E-state index contributed by atoms with van der Waals surface area (Å²) in [6, 6.07) is 14.0. The van der Waals surface area contributed by atoms with Crippen molar-refractivity contribution in [2.24, 2.45) is 0 Å². The first kappa shape index (κ1) is 16.1. The number of anilines is 1. The van der Waals surface area contributed by atoms with Gasteiger partial charge >= 0.3 is 0 Å². The number of hydrogen-bond donors (Lipinski definition) is 2. The van der Waals surface area contributed by atoms with Gasteiger partial charge in [-0.3, -0.25) is 0 Å². The maximum absolute atomic E-state index is 6.02. The number of halogens is 2. The molecular weight excluding hydrogens is 329 g/mol. The van der Waals surface area contributed by atoms with Crippen LogP contribution in [0.5, 0.6) is 0 Å². The summed E-state index contributed by atoms with van der Waals surface area (Å²) in [4.78, 5) is 4.10. The van der Waals surface area contributed by atoms with Crippen LogP contribution in [0.2, 0.25) is 10.0 Å². The van der Waals surface area contributed by atoms with Gasteiger partial charge in [0.05, 0.1) is 10.0 Å². The lowest BCUT2D eigenvalue weighted by Crippen LogP contribution is -2.16. The zero-order chi connectivity index (χ0) is 16.2. The van der Waals surface area contributed by atoms with E-state index in [9.17, 15) is 0 Å². The molecule has 0 aliphatic rings. The quantitative estimate of drug-likeness (QED) is 0.671. The molecule has 0 saturated heterocycles. The monoisotopic (exact) mass is 345 g/mol. The smallest absolute Gasteiger partial charge is 0.131 e. The van der Waals surface area contributed by atoms with Gasteiger partial charge in [-0.05, 0) is 53.7 Å². The molecule has 3 nitrogen and oxygen atoms in total. The van der Waals surface area contributed by atoms with Crippen molar-refractivity contribution in [3.05, 3.63) is 69.8 Å². The van der Waals surface area contributed by atoms with Crippen LogP contribution in [0.1, 0.15) is 11.1 Å². The van der Waals surface area contributed by atoms with Gasteiger partial charge in [0.2, 0.25) is 0 Å². The van der Waals surface area contributed by atoms with E-state index in [2.05, 4.69) is 22.4 Å². The molecule has 0 aliphatic heterocycles. The average Bonchev–Trinajstić information content (AvgIpc) is 2.55. The van der Waals surface area contributed by atoms with Crippen molar-refractivity contribution < 1.29 is 0 Å². The summed E-state index contributed by atoms with van der Waals surface area (Å²) >= 11 is 11.9. The SMILES string of the molecule is Nc1nccc2cc(CNCCc3ccc(Cl)c(Cl)c3)ccc12. The molecular formula is C18H17Cl2N3. The number of nitrogens with two attached hydrogens (primary N) is 1. The van der Waals surface area contributed by atoms with E-state index in [4.69, 9.17) is 28.9 Å². The summed E-state index contributed by atoms with van der Waals surface area (Å²) in [5.74, 6) is 0.571. The Labute approximate surface area is 145 Å². The van der Waals surface area contributed by atoms with Crippen molar-refractivity contribution in [1.82, 2.24) is 10.3 Å². The van der Waals surface area contributed by atoms with Gasteiger partial charge in [0.1, 0.15) is 5.82 Å². The second-order valence-corrected chi connectivity index (χ2v) is 6.24. The zero-order valence-corrected chi connectivity index (χ0v) is 14.0. The third-order valence-corrected chi connectivity index (χ3v) is 4.50. The van der Waals surface area contributed by atoms with E-state index in [0.29, 0.717) is 15.9 Å². The van der Waals surface area contributed by atoms with Crippen LogP contribution in [0.3, 0.4) is 0 Å². The van der Waals surface area contributed by atoms with E-state index in [1.807, 2.05) is 30.3 Å². The Morgan fingerprint density at radius 2 is 1.78 bits per heavy atom. The summed E-state index contributed by atoms with van der Waals surface area (Å²) in [5.41, 5.74) is 8.26. The lowest BCUT2D eigenvalue weighted by Gasteiger charge is -2.08. The summed E-state index contributed by atoms with van der Waals surface area (Å²) in [5, 5.41) is 6.74. The standard InChI is InChI=1S/C18H17Cl2N3/c19-16-4-2-12(10-17(16)20)5-7-22-11-13-1-3-15-14(9-13)6-8-23-18(15)21/h1-4,6,8-10,22H,5,7,11H2,(H2,21,23). The van der Waals surface area contributed by atoms with Crippen LogP contribution >= 0.6 is 23.2 Å². The van der Waals surface area contributed by atoms with Gasteiger partial charge < -0.3 is 11.1 Å². The molecule has 0 aliphatic carbocycles. The molecule has 2 aromatic carbocycles. The van der Waals surface area contributed by atoms with Crippen LogP contribution in [0, 0.1) is 0 Å². The Hall–Kier alpha value is -1.81. The highest BCUT2D eigenvalue weighted by Crippen LogP contribution is 2.23. The van der Waals surface area contributed by atoms with Gasteiger partial charge in [-0.15, -0.1) is 0 Å². The maximum Gasteiger partial charge on any atom is 0.131 e. The molecule has 5 heteroatoms. The fourth-order valence-corrected chi connectivity index (χ4v) is 2.84. The van der Waals surface area contributed by atoms with Crippen LogP contribution < -0.4 is 11.1 Å². The van der Waals surface area contributed by atoms with Crippen molar-refractivity contribution in [2.75, 3.05) is 12.3 Å². The van der Waals surface area contributed by atoms with Gasteiger partial charge in [-0.1, -0.05) is 41.4 Å². The molecule has 3 N–H and O–H groups in total. The number of pyridine rings is 1. The molecule has 0 bridgehead atoms. The maximum atomic E-state index is 6.02. The third kappa shape index (κ3) is 3.94. The van der Waals surface area contributed by atoms with Crippen molar-refractivity contribution in [3.8, 4) is 0 Å². The molecule has 0 unspecified atom stereocenters. The second-order valence-electron chi connectivity index (χ2n) is 5.43. The lowest BCUT2D eigenvalue weighted by atomic mass is 10.1. The van der Waals surface area contributed by atoms with Crippen molar-refractivity contribution >= 4 is 39.8 Å². The first-order chi connectivity index (χ1) is 11.1. The van der Waals surface area contributed by atoms with Crippen LogP contribution in [0.4, 0.5) is 5.82 Å². The van der Waals surface area contributed by atoms with Gasteiger partial charge in [0.25, 0.3) is 0 Å². The molecule has 0 atom stereocenters. The fraction of sp³-hybridized carbons (Fsp3) is 0.167. The molecule has 3 rings (SSSR count). The minimum atomic E-state index is 0.571. The molecule has 3 aromatic rings. The van der Waals surface area contributed by atoms with Crippen LogP contribution in [-0.4, -0.2) is 11.5 Å². The van der Waals surface area contributed by atoms with Crippen LogP contribution in [0.25, 0.3) is 10.8 Å².